The number of hydrogen-bond donors (Lipinski definition) is 0. The summed E-state index contributed by atoms with van der Waals surface area (Å²) in [5, 5.41) is 0. The van der Waals surface area contributed by atoms with E-state index in [1.54, 1.807) is 0 Å². The third kappa shape index (κ3) is 3.22. The van der Waals surface area contributed by atoms with Gasteiger partial charge in [-0.2, -0.15) is 0 Å². The van der Waals surface area contributed by atoms with Crippen LogP contribution in [0.15, 0.2) is 93.2 Å². The fourth-order valence-electron chi connectivity index (χ4n) is 3.95. The van der Waals surface area contributed by atoms with Crippen molar-refractivity contribution in [2.75, 3.05) is 0 Å². The van der Waals surface area contributed by atoms with Gasteiger partial charge in [0.2, 0.25) is 0 Å². The van der Waals surface area contributed by atoms with Gasteiger partial charge in [0, 0.05) is 24.3 Å². The Morgan fingerprint density at radius 1 is 0.714 bits per heavy atom. The number of allylic oxidation sites excluding steroid dienone is 4. The molecule has 0 atom stereocenters. The maximum atomic E-state index is 4.98. The highest BCUT2D eigenvalue weighted by molar-refractivity contribution is 6.06. The Hall–Kier alpha value is -3.26. The predicted molar refractivity (Wildman–Crippen MR) is 119 cm³/mol. The molecule has 136 valence electrons. The SMILES string of the molecule is CC1=C(C)/C2=C/c3cccc(c3)CC3=N/C(=C\c4cccc(c4)CC1=N2)C=C3. The lowest BCUT2D eigenvalue weighted by molar-refractivity contribution is 1.28. The molecule has 2 aromatic rings. The molecule has 5 rings (SSSR count). The van der Waals surface area contributed by atoms with E-state index in [1.807, 2.05) is 0 Å². The topological polar surface area (TPSA) is 24.7 Å². The average molecular weight is 362 g/mol. The molecule has 2 nitrogen and oxygen atoms in total. The number of aliphatic imine (C=N–C) groups is 2. The van der Waals surface area contributed by atoms with Gasteiger partial charge >= 0.3 is 0 Å². The Morgan fingerprint density at radius 3 is 2.21 bits per heavy atom. The third-order valence-corrected chi connectivity index (χ3v) is 5.63. The second-order valence-corrected chi connectivity index (χ2v) is 7.69. The minimum absolute atomic E-state index is 0.841. The Bertz CT molecular complexity index is 1170. The number of benzene rings is 2. The Kier molecular flexibility index (Phi) is 4.05. The summed E-state index contributed by atoms with van der Waals surface area (Å²) in [6.45, 7) is 4.36. The van der Waals surface area contributed by atoms with Crippen molar-refractivity contribution in [3.8, 4) is 0 Å². The molecule has 2 heteroatoms. The quantitative estimate of drug-likeness (QED) is 0.552. The standard InChI is InChI=1S/C26H22N2/c1-17-18(2)26-16-22-8-4-6-20(12-22)14-24-10-9-23(27-24)13-19-5-3-7-21(11-19)15-25(17)28-26/h3-13,16H,14-15H2,1-2H3/b23-13-,26-16-. The molecule has 0 aromatic heterocycles. The van der Waals surface area contributed by atoms with Gasteiger partial charge in [-0.05, 0) is 71.6 Å². The summed E-state index contributed by atoms with van der Waals surface area (Å²) in [6, 6.07) is 17.4. The summed E-state index contributed by atoms with van der Waals surface area (Å²) in [4.78, 5) is 9.79. The van der Waals surface area contributed by atoms with Crippen molar-refractivity contribution >= 4 is 23.6 Å². The molecule has 8 bridgehead atoms. The molecule has 3 aliphatic heterocycles. The zero-order chi connectivity index (χ0) is 19.1. The highest BCUT2D eigenvalue weighted by atomic mass is 14.8. The number of hydrogen-bond acceptors (Lipinski definition) is 2. The van der Waals surface area contributed by atoms with Crippen LogP contribution < -0.4 is 0 Å². The number of nitrogens with zero attached hydrogens (tertiary/aromatic N) is 2. The van der Waals surface area contributed by atoms with Gasteiger partial charge in [0.05, 0.1) is 11.4 Å². The van der Waals surface area contributed by atoms with E-state index in [0.717, 1.165) is 35.7 Å². The lowest BCUT2D eigenvalue weighted by atomic mass is 9.99. The van der Waals surface area contributed by atoms with Crippen molar-refractivity contribution in [1.82, 2.24) is 0 Å². The van der Waals surface area contributed by atoms with Crippen molar-refractivity contribution in [3.05, 3.63) is 105 Å². The first-order valence-corrected chi connectivity index (χ1v) is 9.77. The van der Waals surface area contributed by atoms with E-state index in [4.69, 9.17) is 9.98 Å². The molecule has 0 amide bonds. The minimum Gasteiger partial charge on any atom is -0.253 e. The molecule has 0 saturated heterocycles. The maximum Gasteiger partial charge on any atom is 0.0671 e. The van der Waals surface area contributed by atoms with Crippen LogP contribution in [0, 0.1) is 0 Å². The van der Waals surface area contributed by atoms with Crippen molar-refractivity contribution in [2.45, 2.75) is 26.7 Å². The van der Waals surface area contributed by atoms with Gasteiger partial charge in [-0.15, -0.1) is 0 Å². The van der Waals surface area contributed by atoms with E-state index >= 15 is 0 Å². The normalized spacial score (nSPS) is 21.6. The average Bonchev–Trinajstić information content (AvgIpc) is 3.22. The van der Waals surface area contributed by atoms with Gasteiger partial charge in [-0.3, -0.25) is 9.98 Å². The van der Waals surface area contributed by atoms with Crippen molar-refractivity contribution in [3.63, 3.8) is 0 Å². The van der Waals surface area contributed by atoms with Gasteiger partial charge in [0.15, 0.2) is 0 Å². The van der Waals surface area contributed by atoms with Crippen LogP contribution in [-0.4, -0.2) is 11.4 Å². The van der Waals surface area contributed by atoms with Gasteiger partial charge in [0.25, 0.3) is 0 Å². The summed E-state index contributed by atoms with van der Waals surface area (Å²) in [7, 11) is 0. The van der Waals surface area contributed by atoms with E-state index in [2.05, 4.69) is 86.7 Å². The molecule has 0 saturated carbocycles. The van der Waals surface area contributed by atoms with Crippen LogP contribution in [0.3, 0.4) is 0 Å². The van der Waals surface area contributed by atoms with Crippen LogP contribution in [0.2, 0.25) is 0 Å². The molecule has 3 aliphatic rings. The Balaban J connectivity index is 1.66. The molecule has 0 fully saturated rings. The smallest absolute Gasteiger partial charge is 0.0671 e. The first-order valence-electron chi connectivity index (χ1n) is 9.77. The third-order valence-electron chi connectivity index (χ3n) is 5.63. The predicted octanol–water partition coefficient (Wildman–Crippen LogP) is 5.97. The Morgan fingerprint density at radius 2 is 1.43 bits per heavy atom. The molecular formula is C26H22N2. The second kappa shape index (κ2) is 6.72. The fourth-order valence-corrected chi connectivity index (χ4v) is 3.95. The van der Waals surface area contributed by atoms with Crippen LogP contribution in [0.5, 0.6) is 0 Å². The van der Waals surface area contributed by atoms with Crippen molar-refractivity contribution < 1.29 is 0 Å². The van der Waals surface area contributed by atoms with Crippen molar-refractivity contribution in [1.29, 1.82) is 0 Å². The first kappa shape index (κ1) is 16.9. The second-order valence-electron chi connectivity index (χ2n) is 7.69. The molecule has 28 heavy (non-hydrogen) atoms. The van der Waals surface area contributed by atoms with Crippen LogP contribution in [0.1, 0.15) is 36.1 Å². The summed E-state index contributed by atoms with van der Waals surface area (Å²) in [6.07, 6.45) is 10.3. The van der Waals surface area contributed by atoms with Crippen LogP contribution in [0.25, 0.3) is 12.2 Å². The van der Waals surface area contributed by atoms with E-state index in [9.17, 15) is 0 Å². The maximum absolute atomic E-state index is 4.98. The van der Waals surface area contributed by atoms with Crippen LogP contribution >= 0.6 is 0 Å². The van der Waals surface area contributed by atoms with Crippen LogP contribution in [0.4, 0.5) is 0 Å². The zero-order valence-corrected chi connectivity index (χ0v) is 16.2. The summed E-state index contributed by atoms with van der Waals surface area (Å²) < 4.78 is 0. The van der Waals surface area contributed by atoms with Crippen LogP contribution in [-0.2, 0) is 12.8 Å². The Labute approximate surface area is 166 Å². The molecule has 0 unspecified atom stereocenters. The first-order chi connectivity index (χ1) is 13.6. The molecular weight excluding hydrogens is 340 g/mol. The van der Waals surface area contributed by atoms with Gasteiger partial charge in [0.1, 0.15) is 0 Å². The highest BCUT2D eigenvalue weighted by Crippen LogP contribution is 2.29. The fraction of sp³-hybridized carbons (Fsp3) is 0.154. The van der Waals surface area contributed by atoms with E-state index in [-0.39, 0.29) is 0 Å². The summed E-state index contributed by atoms with van der Waals surface area (Å²) in [5.74, 6) is 0. The molecule has 0 N–H and O–H groups in total. The number of fused-ring (bicyclic) bond motifs is 6. The van der Waals surface area contributed by atoms with Gasteiger partial charge in [-0.25, -0.2) is 0 Å². The number of rotatable bonds is 0. The lowest BCUT2D eigenvalue weighted by Crippen LogP contribution is -2.02. The zero-order valence-electron chi connectivity index (χ0n) is 16.2. The van der Waals surface area contributed by atoms with Gasteiger partial charge in [-0.1, -0.05) is 48.5 Å². The molecule has 0 spiro atoms. The lowest BCUT2D eigenvalue weighted by Gasteiger charge is -2.05. The minimum atomic E-state index is 0.841. The van der Waals surface area contributed by atoms with Gasteiger partial charge < -0.3 is 0 Å². The van der Waals surface area contributed by atoms with E-state index in [0.29, 0.717) is 0 Å². The molecule has 2 aromatic carbocycles. The van der Waals surface area contributed by atoms with Crippen molar-refractivity contribution in [2.24, 2.45) is 9.98 Å². The summed E-state index contributed by atoms with van der Waals surface area (Å²) >= 11 is 0. The molecule has 0 aliphatic carbocycles. The molecule has 3 heterocycles. The highest BCUT2D eigenvalue weighted by Gasteiger charge is 2.18. The monoisotopic (exact) mass is 362 g/mol. The van der Waals surface area contributed by atoms with E-state index < -0.39 is 0 Å². The molecule has 0 radical (unpaired) electrons. The largest absolute Gasteiger partial charge is 0.253 e. The van der Waals surface area contributed by atoms with E-state index in [1.165, 1.54) is 33.4 Å². The summed E-state index contributed by atoms with van der Waals surface area (Å²) in [5.41, 5.74) is 11.9.